The maximum Gasteiger partial charge on any atom is 0.272 e. The van der Waals surface area contributed by atoms with E-state index in [0.29, 0.717) is 30.8 Å². The summed E-state index contributed by atoms with van der Waals surface area (Å²) in [4.78, 5) is 12.7. The van der Waals surface area contributed by atoms with Crippen molar-refractivity contribution in [2.24, 2.45) is 0 Å². The van der Waals surface area contributed by atoms with Gasteiger partial charge < -0.3 is 24.1 Å². The predicted molar refractivity (Wildman–Crippen MR) is 110 cm³/mol. The summed E-state index contributed by atoms with van der Waals surface area (Å²) in [6.45, 7) is 3.17. The lowest BCUT2D eigenvalue weighted by Crippen LogP contribution is -2.26. The minimum absolute atomic E-state index is 0.0547. The number of rotatable bonds is 7. The molecule has 2 aromatic rings. The highest BCUT2D eigenvalue weighted by atomic mass is 19.3. The zero-order valence-electron chi connectivity index (χ0n) is 17.2. The molecule has 1 saturated heterocycles. The molecule has 1 N–H and O–H groups in total. The number of ether oxygens (including phenoxy) is 3. The Morgan fingerprint density at radius 2 is 2.20 bits per heavy atom. The van der Waals surface area contributed by atoms with Crippen LogP contribution in [0.4, 0.5) is 14.6 Å². The number of methoxy groups -OCH3 is 1. The number of benzene rings is 1. The number of hydrogen-bond acceptors (Lipinski definition) is 5. The van der Waals surface area contributed by atoms with Crippen molar-refractivity contribution in [3.05, 3.63) is 39.5 Å². The van der Waals surface area contributed by atoms with E-state index in [9.17, 15) is 13.6 Å². The fourth-order valence-electron chi connectivity index (χ4n) is 4.29. The Balaban J connectivity index is 1.73. The van der Waals surface area contributed by atoms with Crippen molar-refractivity contribution in [3.63, 3.8) is 0 Å². The zero-order chi connectivity index (χ0) is 21.3. The molecule has 1 aromatic carbocycles. The molecule has 0 radical (unpaired) electrons. The number of pyridine rings is 1. The van der Waals surface area contributed by atoms with Crippen LogP contribution in [0.1, 0.15) is 24.0 Å². The average Bonchev–Trinajstić information content (AvgIpc) is 3.26. The van der Waals surface area contributed by atoms with Gasteiger partial charge in [-0.05, 0) is 38.3 Å². The molecular formula is C22H26F2N2O4. The van der Waals surface area contributed by atoms with E-state index in [1.54, 1.807) is 19.1 Å². The molecule has 2 aliphatic heterocycles. The van der Waals surface area contributed by atoms with Gasteiger partial charge in [-0.1, -0.05) is 0 Å². The first-order chi connectivity index (χ1) is 14.5. The first-order valence-corrected chi connectivity index (χ1v) is 10.2. The third-order valence-electron chi connectivity index (χ3n) is 5.72. The average molecular weight is 420 g/mol. The van der Waals surface area contributed by atoms with Gasteiger partial charge in [0.1, 0.15) is 12.4 Å². The van der Waals surface area contributed by atoms with Gasteiger partial charge in [-0.3, -0.25) is 4.79 Å². The number of aromatic nitrogens is 1. The summed E-state index contributed by atoms with van der Waals surface area (Å²) in [5, 5.41) is 3.39. The predicted octanol–water partition coefficient (Wildman–Crippen LogP) is 3.62. The summed E-state index contributed by atoms with van der Waals surface area (Å²) in [5.41, 5.74) is 3.13. The van der Waals surface area contributed by atoms with E-state index in [1.165, 1.54) is 7.11 Å². The second-order valence-corrected chi connectivity index (χ2v) is 7.61. The van der Waals surface area contributed by atoms with Gasteiger partial charge in [0.05, 0.1) is 18.9 Å². The Bertz CT molecular complexity index is 984. The van der Waals surface area contributed by atoms with Crippen molar-refractivity contribution in [2.45, 2.75) is 45.3 Å². The lowest BCUT2D eigenvalue weighted by molar-refractivity contribution is 0.0803. The maximum absolute atomic E-state index is 12.7. The fraction of sp³-hybridized carbons (Fsp3) is 0.500. The molecule has 2 aliphatic rings. The van der Waals surface area contributed by atoms with Gasteiger partial charge in [-0.25, -0.2) is 8.78 Å². The topological polar surface area (TPSA) is 61.7 Å². The number of halogens is 2. The molecule has 1 atom stereocenters. The zero-order valence-corrected chi connectivity index (χ0v) is 17.2. The normalized spacial score (nSPS) is 17.6. The van der Waals surface area contributed by atoms with Crippen molar-refractivity contribution in [1.82, 2.24) is 4.57 Å². The summed E-state index contributed by atoms with van der Waals surface area (Å²) in [7, 11) is 1.50. The van der Waals surface area contributed by atoms with Crippen LogP contribution in [0.2, 0.25) is 0 Å². The standard InChI is InChI=1S/C22H26F2N2O4/c1-13-17(27)10-20(25-11-14-4-3-9-29-14)26-8-7-16-15(21(13)26)5-6-18(22(16)28-2)30-12-19(23)24/h5-6,10,14,19,25H,3-4,7-9,11-12H2,1-2H3. The SMILES string of the molecule is COc1c(OCC(F)F)ccc2c1CCn1c(NCC3CCCO3)cc(=O)c(C)c1-2. The van der Waals surface area contributed by atoms with Crippen molar-refractivity contribution in [3.8, 4) is 22.8 Å². The molecule has 1 fully saturated rings. The van der Waals surface area contributed by atoms with Gasteiger partial charge in [0.2, 0.25) is 0 Å². The minimum Gasteiger partial charge on any atom is -0.493 e. The van der Waals surface area contributed by atoms with Crippen LogP contribution in [0.3, 0.4) is 0 Å². The van der Waals surface area contributed by atoms with Crippen LogP contribution in [0.25, 0.3) is 11.3 Å². The van der Waals surface area contributed by atoms with Gasteiger partial charge >= 0.3 is 0 Å². The molecule has 1 unspecified atom stereocenters. The Morgan fingerprint density at radius 3 is 2.90 bits per heavy atom. The first kappa shape index (κ1) is 20.7. The molecule has 162 valence electrons. The quantitative estimate of drug-likeness (QED) is 0.741. The van der Waals surface area contributed by atoms with E-state index in [2.05, 4.69) is 9.88 Å². The van der Waals surface area contributed by atoms with Gasteiger partial charge in [-0.2, -0.15) is 0 Å². The molecular weight excluding hydrogens is 394 g/mol. The minimum atomic E-state index is -2.57. The van der Waals surface area contributed by atoms with Crippen molar-refractivity contribution < 1.29 is 23.0 Å². The number of nitrogens with zero attached hydrogens (tertiary/aromatic N) is 1. The van der Waals surface area contributed by atoms with Crippen molar-refractivity contribution in [2.75, 3.05) is 32.2 Å². The van der Waals surface area contributed by atoms with E-state index in [-0.39, 0.29) is 17.3 Å². The van der Waals surface area contributed by atoms with Crippen LogP contribution in [0.5, 0.6) is 11.5 Å². The Kier molecular flexibility index (Phi) is 5.94. The Hall–Kier alpha value is -2.61. The largest absolute Gasteiger partial charge is 0.493 e. The highest BCUT2D eigenvalue weighted by molar-refractivity contribution is 5.75. The van der Waals surface area contributed by atoms with Gasteiger partial charge in [0.15, 0.2) is 16.9 Å². The van der Waals surface area contributed by atoms with Crippen LogP contribution in [0, 0.1) is 6.92 Å². The third kappa shape index (κ3) is 3.88. The van der Waals surface area contributed by atoms with E-state index in [0.717, 1.165) is 42.1 Å². The molecule has 3 heterocycles. The number of hydrogen-bond donors (Lipinski definition) is 1. The Labute approximate surface area is 173 Å². The number of anilines is 1. The first-order valence-electron chi connectivity index (χ1n) is 10.2. The number of nitrogens with one attached hydrogen (secondary N) is 1. The molecule has 0 saturated carbocycles. The summed E-state index contributed by atoms with van der Waals surface area (Å²) >= 11 is 0. The smallest absolute Gasteiger partial charge is 0.272 e. The fourth-order valence-corrected chi connectivity index (χ4v) is 4.29. The molecule has 0 bridgehead atoms. The summed E-state index contributed by atoms with van der Waals surface area (Å²) < 4.78 is 43.7. The second kappa shape index (κ2) is 8.63. The number of fused-ring (bicyclic) bond motifs is 3. The van der Waals surface area contributed by atoms with Crippen molar-refractivity contribution in [1.29, 1.82) is 0 Å². The molecule has 0 aliphatic carbocycles. The second-order valence-electron chi connectivity index (χ2n) is 7.61. The van der Waals surface area contributed by atoms with Gasteiger partial charge in [0.25, 0.3) is 6.43 Å². The molecule has 0 amide bonds. The van der Waals surface area contributed by atoms with Crippen molar-refractivity contribution >= 4 is 5.82 Å². The molecule has 6 nitrogen and oxygen atoms in total. The highest BCUT2D eigenvalue weighted by Crippen LogP contribution is 2.42. The highest BCUT2D eigenvalue weighted by Gasteiger charge is 2.26. The van der Waals surface area contributed by atoms with Gasteiger partial charge in [-0.15, -0.1) is 0 Å². The van der Waals surface area contributed by atoms with Crippen LogP contribution < -0.4 is 20.2 Å². The molecule has 0 spiro atoms. The van der Waals surface area contributed by atoms with Gasteiger partial charge in [0, 0.05) is 42.5 Å². The molecule has 30 heavy (non-hydrogen) atoms. The molecule has 1 aromatic heterocycles. The lowest BCUT2D eigenvalue weighted by atomic mass is 9.93. The van der Waals surface area contributed by atoms with E-state index < -0.39 is 13.0 Å². The van der Waals surface area contributed by atoms with Crippen LogP contribution >= 0.6 is 0 Å². The van der Waals surface area contributed by atoms with E-state index >= 15 is 0 Å². The van der Waals surface area contributed by atoms with E-state index in [1.807, 2.05) is 6.07 Å². The molecule has 4 rings (SSSR count). The van der Waals surface area contributed by atoms with Crippen LogP contribution in [-0.2, 0) is 17.7 Å². The Morgan fingerprint density at radius 1 is 1.37 bits per heavy atom. The summed E-state index contributed by atoms with van der Waals surface area (Å²) in [6.07, 6.45) is 0.292. The van der Waals surface area contributed by atoms with Crippen LogP contribution in [0.15, 0.2) is 23.0 Å². The monoisotopic (exact) mass is 420 g/mol. The lowest BCUT2D eigenvalue weighted by Gasteiger charge is -2.29. The third-order valence-corrected chi connectivity index (χ3v) is 5.72. The van der Waals surface area contributed by atoms with E-state index in [4.69, 9.17) is 14.2 Å². The summed E-state index contributed by atoms with van der Waals surface area (Å²) in [5.74, 6) is 1.50. The van der Waals surface area contributed by atoms with Crippen LogP contribution in [-0.4, -0.2) is 44.0 Å². The molecule has 8 heteroatoms. The number of alkyl halides is 2. The maximum atomic E-state index is 12.7. The summed E-state index contributed by atoms with van der Waals surface area (Å²) in [6, 6.07) is 5.09.